The molecule has 1 fully saturated rings. The minimum atomic E-state index is -0.778. The van der Waals surface area contributed by atoms with E-state index >= 15 is 0 Å². The summed E-state index contributed by atoms with van der Waals surface area (Å²) in [4.78, 5) is 50.8. The van der Waals surface area contributed by atoms with Crippen LogP contribution in [0.1, 0.15) is 32.6 Å². The van der Waals surface area contributed by atoms with Crippen molar-refractivity contribution < 1.29 is 28.3 Å². The summed E-state index contributed by atoms with van der Waals surface area (Å²) >= 11 is 0. The molecule has 1 aromatic carbocycles. The monoisotopic (exact) mass is 465 g/mol. The van der Waals surface area contributed by atoms with Crippen LogP contribution in [0.3, 0.4) is 0 Å². The maximum Gasteiger partial charge on any atom is 0.319 e. The van der Waals surface area contributed by atoms with Crippen molar-refractivity contribution in [2.45, 2.75) is 50.7 Å². The highest BCUT2D eigenvalue weighted by atomic mass is 19.1. The lowest BCUT2D eigenvalue weighted by Gasteiger charge is -2.39. The van der Waals surface area contributed by atoms with Crippen molar-refractivity contribution in [3.8, 4) is 0 Å². The Morgan fingerprint density at radius 1 is 1.27 bits per heavy atom. The number of piperidine rings is 1. The summed E-state index contributed by atoms with van der Waals surface area (Å²) < 4.78 is 17.9. The van der Waals surface area contributed by atoms with Gasteiger partial charge in [0, 0.05) is 31.2 Å². The molecule has 1 aliphatic heterocycles. The Balaban J connectivity index is 2.00. The average Bonchev–Trinajstić information content (AvgIpc) is 2.80. The summed E-state index contributed by atoms with van der Waals surface area (Å²) in [5, 5.41) is 11.0. The lowest BCUT2D eigenvalue weighted by atomic mass is 9.95. The SMILES string of the molecule is CNC(C)C(=O)N1CCC(NC(=O)Nc2cccc(F)c2)CC1C(=O)NCCCC(=O)OC. The number of likely N-dealkylation sites (tertiary alicyclic amines) is 1. The Hall–Kier alpha value is -3.21. The minimum absolute atomic E-state index is 0.172. The minimum Gasteiger partial charge on any atom is -0.469 e. The van der Waals surface area contributed by atoms with Gasteiger partial charge in [-0.3, -0.25) is 14.4 Å². The van der Waals surface area contributed by atoms with E-state index in [-0.39, 0.29) is 49.8 Å². The van der Waals surface area contributed by atoms with Gasteiger partial charge in [-0.15, -0.1) is 0 Å². The van der Waals surface area contributed by atoms with Crippen LogP contribution < -0.4 is 21.3 Å². The van der Waals surface area contributed by atoms with Gasteiger partial charge in [-0.2, -0.15) is 0 Å². The van der Waals surface area contributed by atoms with E-state index in [4.69, 9.17) is 0 Å². The number of nitrogens with zero attached hydrogens (tertiary/aromatic N) is 1. The summed E-state index contributed by atoms with van der Waals surface area (Å²) in [5.74, 6) is -1.40. The Morgan fingerprint density at radius 3 is 2.70 bits per heavy atom. The van der Waals surface area contributed by atoms with Gasteiger partial charge in [0.05, 0.1) is 13.2 Å². The van der Waals surface area contributed by atoms with Crippen molar-refractivity contribution in [1.29, 1.82) is 0 Å². The number of carbonyl (C=O) groups is 4. The zero-order valence-electron chi connectivity index (χ0n) is 19.2. The largest absolute Gasteiger partial charge is 0.469 e. The second-order valence-electron chi connectivity index (χ2n) is 7.86. The Labute approximate surface area is 192 Å². The maximum atomic E-state index is 13.3. The number of methoxy groups -OCH3 is 1. The first-order chi connectivity index (χ1) is 15.7. The molecular weight excluding hydrogens is 433 g/mol. The number of ether oxygens (including phenoxy) is 1. The van der Waals surface area contributed by atoms with E-state index in [1.54, 1.807) is 20.0 Å². The van der Waals surface area contributed by atoms with Crippen molar-refractivity contribution >= 4 is 29.5 Å². The predicted molar refractivity (Wildman–Crippen MR) is 120 cm³/mol. The zero-order valence-corrected chi connectivity index (χ0v) is 19.2. The van der Waals surface area contributed by atoms with E-state index < -0.39 is 23.9 Å². The predicted octanol–water partition coefficient (Wildman–Crippen LogP) is 0.984. The molecule has 1 heterocycles. The van der Waals surface area contributed by atoms with Crippen molar-refractivity contribution in [3.63, 3.8) is 0 Å². The Kier molecular flexibility index (Phi) is 10.0. The van der Waals surface area contributed by atoms with Crippen molar-refractivity contribution in [2.24, 2.45) is 0 Å². The van der Waals surface area contributed by atoms with Crippen molar-refractivity contribution in [1.82, 2.24) is 20.9 Å². The normalized spacial score (nSPS) is 18.7. The molecule has 0 radical (unpaired) electrons. The molecule has 2 rings (SSSR count). The van der Waals surface area contributed by atoms with Crippen LogP contribution in [-0.2, 0) is 19.1 Å². The van der Waals surface area contributed by atoms with Crippen LogP contribution in [0.5, 0.6) is 0 Å². The summed E-state index contributed by atoms with van der Waals surface area (Å²) in [6.07, 6.45) is 1.27. The van der Waals surface area contributed by atoms with Gasteiger partial charge in [0.25, 0.3) is 0 Å². The van der Waals surface area contributed by atoms with Crippen LogP contribution in [0.25, 0.3) is 0 Å². The van der Waals surface area contributed by atoms with Crippen LogP contribution in [0.4, 0.5) is 14.9 Å². The number of anilines is 1. The fourth-order valence-electron chi connectivity index (χ4n) is 3.56. The van der Waals surface area contributed by atoms with Gasteiger partial charge in [-0.25, -0.2) is 9.18 Å². The van der Waals surface area contributed by atoms with Gasteiger partial charge in [-0.1, -0.05) is 6.07 Å². The number of benzene rings is 1. The lowest BCUT2D eigenvalue weighted by molar-refractivity contribution is -0.144. The van der Waals surface area contributed by atoms with Gasteiger partial charge in [0.1, 0.15) is 11.9 Å². The molecule has 11 heteroatoms. The number of nitrogens with one attached hydrogen (secondary N) is 4. The standard InChI is InChI=1S/C22H32FN5O5/c1-14(24-2)21(31)28-11-9-17(27-22(32)26-16-7-4-6-15(23)12-16)13-18(28)20(30)25-10-5-8-19(29)33-3/h4,6-7,12,14,17-18,24H,5,8-11,13H2,1-3H3,(H,25,30)(H2,26,27,32). The van der Waals surface area contributed by atoms with Gasteiger partial charge in [-0.05, 0) is 51.4 Å². The molecule has 0 aromatic heterocycles. The van der Waals surface area contributed by atoms with Crippen LogP contribution in [0, 0.1) is 5.82 Å². The molecule has 1 aliphatic rings. The van der Waals surface area contributed by atoms with Crippen LogP contribution >= 0.6 is 0 Å². The molecular formula is C22H32FN5O5. The van der Waals surface area contributed by atoms with E-state index in [2.05, 4.69) is 26.0 Å². The van der Waals surface area contributed by atoms with Crippen LogP contribution in [0.15, 0.2) is 24.3 Å². The first-order valence-corrected chi connectivity index (χ1v) is 10.9. The number of hydrogen-bond acceptors (Lipinski definition) is 6. The van der Waals surface area contributed by atoms with Crippen molar-refractivity contribution in [3.05, 3.63) is 30.1 Å². The van der Waals surface area contributed by atoms with Crippen molar-refractivity contribution in [2.75, 3.05) is 32.6 Å². The summed E-state index contributed by atoms with van der Waals surface area (Å²) in [7, 11) is 2.96. The van der Waals surface area contributed by atoms with E-state index in [0.29, 0.717) is 18.5 Å². The number of halogens is 1. The topological polar surface area (TPSA) is 129 Å². The molecule has 0 aliphatic carbocycles. The fourth-order valence-corrected chi connectivity index (χ4v) is 3.56. The Bertz CT molecular complexity index is 852. The average molecular weight is 466 g/mol. The zero-order chi connectivity index (χ0) is 24.4. The van der Waals surface area contributed by atoms with E-state index in [1.165, 1.54) is 30.2 Å². The van der Waals surface area contributed by atoms with Crippen LogP contribution in [0.2, 0.25) is 0 Å². The molecule has 0 bridgehead atoms. The molecule has 0 saturated carbocycles. The van der Waals surface area contributed by atoms with Gasteiger partial charge in [0.15, 0.2) is 0 Å². The highest BCUT2D eigenvalue weighted by Gasteiger charge is 2.37. The quantitative estimate of drug-likeness (QED) is 0.318. The van der Waals surface area contributed by atoms with E-state index in [0.717, 1.165) is 0 Å². The maximum absolute atomic E-state index is 13.3. The molecule has 0 spiro atoms. The first-order valence-electron chi connectivity index (χ1n) is 10.9. The third-order valence-corrected chi connectivity index (χ3v) is 5.49. The molecule has 4 N–H and O–H groups in total. The molecule has 3 atom stereocenters. The Morgan fingerprint density at radius 2 is 2.03 bits per heavy atom. The molecule has 10 nitrogen and oxygen atoms in total. The van der Waals surface area contributed by atoms with Gasteiger partial charge < -0.3 is 30.9 Å². The number of carbonyl (C=O) groups excluding carboxylic acids is 4. The molecule has 3 unspecified atom stereocenters. The lowest BCUT2D eigenvalue weighted by Crippen LogP contribution is -2.60. The first kappa shape index (κ1) is 26.0. The third-order valence-electron chi connectivity index (χ3n) is 5.49. The second kappa shape index (κ2) is 12.7. The molecule has 4 amide bonds. The number of rotatable bonds is 9. The van der Waals surface area contributed by atoms with E-state index in [9.17, 15) is 23.6 Å². The number of likely N-dealkylation sites (N-methyl/N-ethyl adjacent to an activating group) is 1. The van der Waals surface area contributed by atoms with Crippen LogP contribution in [-0.4, -0.2) is 74.1 Å². The van der Waals surface area contributed by atoms with E-state index in [1.807, 2.05) is 0 Å². The fraction of sp³-hybridized carbons (Fsp3) is 0.545. The molecule has 1 saturated heterocycles. The highest BCUT2D eigenvalue weighted by Crippen LogP contribution is 2.20. The summed E-state index contributed by atoms with van der Waals surface area (Å²) in [6, 6.07) is 3.39. The number of hydrogen-bond donors (Lipinski definition) is 4. The highest BCUT2D eigenvalue weighted by molar-refractivity contribution is 5.91. The number of amides is 4. The summed E-state index contributed by atoms with van der Waals surface area (Å²) in [5.41, 5.74) is 0.308. The molecule has 182 valence electrons. The van der Waals surface area contributed by atoms with Gasteiger partial charge in [0.2, 0.25) is 11.8 Å². The summed E-state index contributed by atoms with van der Waals surface area (Å²) in [6.45, 7) is 2.26. The van der Waals surface area contributed by atoms with Gasteiger partial charge >= 0.3 is 12.0 Å². The second-order valence-corrected chi connectivity index (χ2v) is 7.86. The number of urea groups is 1. The molecule has 33 heavy (non-hydrogen) atoms. The molecule has 1 aromatic rings. The number of esters is 1. The third kappa shape index (κ3) is 8.01. The smallest absolute Gasteiger partial charge is 0.319 e.